The zero-order valence-electron chi connectivity index (χ0n) is 12.5. The van der Waals surface area contributed by atoms with Gasteiger partial charge in [0.1, 0.15) is 0 Å². The molecule has 0 bridgehead atoms. The summed E-state index contributed by atoms with van der Waals surface area (Å²) in [6.07, 6.45) is -1.12. The zero-order valence-corrected chi connectivity index (χ0v) is 12.5. The van der Waals surface area contributed by atoms with Crippen molar-refractivity contribution in [1.82, 2.24) is 0 Å². The van der Waals surface area contributed by atoms with Crippen molar-refractivity contribution >= 4 is 6.08 Å². The van der Waals surface area contributed by atoms with Crippen LogP contribution in [0.25, 0.3) is 17.2 Å². The lowest BCUT2D eigenvalue weighted by molar-refractivity contribution is -0.137. The number of hydrogen-bond donors (Lipinski definition) is 0. The van der Waals surface area contributed by atoms with Crippen LogP contribution < -0.4 is 0 Å². The van der Waals surface area contributed by atoms with E-state index in [9.17, 15) is 13.2 Å². The molecular weight excluding hydrogens is 285 g/mol. The molecule has 1 atom stereocenters. The van der Waals surface area contributed by atoms with Crippen LogP contribution in [0.2, 0.25) is 0 Å². The molecule has 0 spiro atoms. The van der Waals surface area contributed by atoms with E-state index in [1.165, 1.54) is 16.7 Å². The Balaban J connectivity index is 2.07. The molecule has 0 fully saturated rings. The molecule has 3 rings (SSSR count). The number of fused-ring (bicyclic) bond motifs is 1. The third-order valence-corrected chi connectivity index (χ3v) is 4.35. The maximum Gasteiger partial charge on any atom is 0.416 e. The minimum atomic E-state index is -4.29. The van der Waals surface area contributed by atoms with Gasteiger partial charge >= 0.3 is 6.18 Å². The molecule has 0 N–H and O–H groups in total. The Bertz CT molecular complexity index is 721. The molecule has 3 heteroatoms. The number of alkyl halides is 3. The summed E-state index contributed by atoms with van der Waals surface area (Å²) in [6, 6.07) is 11.5. The third-order valence-electron chi connectivity index (χ3n) is 4.35. The number of rotatable bonds is 2. The quantitative estimate of drug-likeness (QED) is 0.612. The highest BCUT2D eigenvalue weighted by Gasteiger charge is 2.30. The fourth-order valence-electron chi connectivity index (χ4n) is 3.29. The Hall–Kier alpha value is -2.03. The molecule has 22 heavy (non-hydrogen) atoms. The summed E-state index contributed by atoms with van der Waals surface area (Å²) in [5.74, 6) is 0.355. The molecule has 0 heterocycles. The van der Waals surface area contributed by atoms with E-state index in [2.05, 4.69) is 26.0 Å². The van der Waals surface area contributed by atoms with Crippen LogP contribution in [0.4, 0.5) is 13.2 Å². The maximum atomic E-state index is 12.7. The molecule has 2 aromatic carbocycles. The minimum Gasteiger partial charge on any atom is -0.166 e. The van der Waals surface area contributed by atoms with Crippen molar-refractivity contribution in [3.05, 3.63) is 64.7 Å². The Kier molecular flexibility index (Phi) is 3.59. The SMILES string of the molecule is CCC1C(C)=Cc2cccc(-c3ccc(C(F)(F)F)cc3)c21. The average molecular weight is 302 g/mol. The van der Waals surface area contributed by atoms with Gasteiger partial charge in [0.25, 0.3) is 0 Å². The van der Waals surface area contributed by atoms with Gasteiger partial charge < -0.3 is 0 Å². The van der Waals surface area contributed by atoms with Crippen molar-refractivity contribution in [1.29, 1.82) is 0 Å². The molecule has 2 aromatic rings. The Labute approximate surface area is 128 Å². The molecule has 1 unspecified atom stereocenters. The van der Waals surface area contributed by atoms with Gasteiger partial charge in [0.2, 0.25) is 0 Å². The van der Waals surface area contributed by atoms with Crippen molar-refractivity contribution < 1.29 is 13.2 Å². The second-order valence-corrected chi connectivity index (χ2v) is 5.73. The lowest BCUT2D eigenvalue weighted by Crippen LogP contribution is -2.04. The van der Waals surface area contributed by atoms with E-state index in [1.54, 1.807) is 12.1 Å². The van der Waals surface area contributed by atoms with Crippen molar-refractivity contribution in [2.75, 3.05) is 0 Å². The van der Waals surface area contributed by atoms with Crippen LogP contribution in [0.1, 0.15) is 42.9 Å². The summed E-state index contributed by atoms with van der Waals surface area (Å²) in [5, 5.41) is 0. The van der Waals surface area contributed by atoms with E-state index in [1.807, 2.05) is 12.1 Å². The monoisotopic (exact) mass is 302 g/mol. The van der Waals surface area contributed by atoms with E-state index >= 15 is 0 Å². The first-order chi connectivity index (χ1) is 10.4. The molecule has 0 radical (unpaired) electrons. The molecule has 0 aliphatic heterocycles. The van der Waals surface area contributed by atoms with Gasteiger partial charge in [-0.1, -0.05) is 48.9 Å². The predicted molar refractivity (Wildman–Crippen MR) is 83.6 cm³/mol. The molecule has 0 nitrogen and oxygen atoms in total. The van der Waals surface area contributed by atoms with E-state index in [0.29, 0.717) is 5.92 Å². The van der Waals surface area contributed by atoms with Gasteiger partial charge in [-0.3, -0.25) is 0 Å². The van der Waals surface area contributed by atoms with Crippen LogP contribution in [0.15, 0.2) is 48.0 Å². The van der Waals surface area contributed by atoms with Crippen LogP contribution in [-0.4, -0.2) is 0 Å². The first-order valence-electron chi connectivity index (χ1n) is 7.40. The molecule has 1 aliphatic rings. The second kappa shape index (κ2) is 5.31. The number of hydrogen-bond acceptors (Lipinski definition) is 0. The number of allylic oxidation sites excluding steroid dienone is 1. The van der Waals surface area contributed by atoms with E-state index in [4.69, 9.17) is 0 Å². The van der Waals surface area contributed by atoms with Crippen molar-refractivity contribution in [3.8, 4) is 11.1 Å². The molecular formula is C19H17F3. The highest BCUT2D eigenvalue weighted by atomic mass is 19.4. The first kappa shape index (κ1) is 14.9. The molecule has 0 saturated carbocycles. The number of benzene rings is 2. The van der Waals surface area contributed by atoms with Crippen LogP contribution in [0.3, 0.4) is 0 Å². The summed E-state index contributed by atoms with van der Waals surface area (Å²) in [6.45, 7) is 4.26. The standard InChI is InChI=1S/C19H17F3/c1-3-16-12(2)11-14-5-4-6-17(18(14)16)13-7-9-15(10-8-13)19(20,21)22/h4-11,16H,3H2,1-2H3. The van der Waals surface area contributed by atoms with E-state index in [0.717, 1.165) is 29.7 Å². The van der Waals surface area contributed by atoms with Crippen molar-refractivity contribution in [3.63, 3.8) is 0 Å². The number of halogens is 3. The van der Waals surface area contributed by atoms with Gasteiger partial charge in [-0.05, 0) is 47.7 Å². The van der Waals surface area contributed by atoms with Gasteiger partial charge in [0.05, 0.1) is 5.56 Å². The average Bonchev–Trinajstić information content (AvgIpc) is 2.81. The van der Waals surface area contributed by atoms with Crippen LogP contribution >= 0.6 is 0 Å². The summed E-state index contributed by atoms with van der Waals surface area (Å²) in [4.78, 5) is 0. The normalized spacial score (nSPS) is 17.3. The fourth-order valence-corrected chi connectivity index (χ4v) is 3.29. The Morgan fingerprint density at radius 1 is 1.00 bits per heavy atom. The highest BCUT2D eigenvalue weighted by molar-refractivity contribution is 5.78. The van der Waals surface area contributed by atoms with Gasteiger partial charge in [-0.25, -0.2) is 0 Å². The molecule has 0 saturated heterocycles. The summed E-state index contributed by atoms with van der Waals surface area (Å²) < 4.78 is 38.1. The lowest BCUT2D eigenvalue weighted by atomic mass is 9.87. The lowest BCUT2D eigenvalue weighted by Gasteiger charge is -2.17. The highest BCUT2D eigenvalue weighted by Crippen LogP contribution is 2.43. The van der Waals surface area contributed by atoms with Gasteiger partial charge in [-0.15, -0.1) is 0 Å². The molecule has 0 aromatic heterocycles. The summed E-state index contributed by atoms with van der Waals surface area (Å²) >= 11 is 0. The summed E-state index contributed by atoms with van der Waals surface area (Å²) in [5.41, 5.74) is 5.00. The smallest absolute Gasteiger partial charge is 0.166 e. The Morgan fingerprint density at radius 3 is 2.27 bits per heavy atom. The van der Waals surface area contributed by atoms with Gasteiger partial charge in [-0.2, -0.15) is 13.2 Å². The fraction of sp³-hybridized carbons (Fsp3) is 0.263. The largest absolute Gasteiger partial charge is 0.416 e. The van der Waals surface area contributed by atoms with Crippen molar-refractivity contribution in [2.24, 2.45) is 0 Å². The maximum absolute atomic E-state index is 12.7. The van der Waals surface area contributed by atoms with Crippen LogP contribution in [-0.2, 0) is 6.18 Å². The van der Waals surface area contributed by atoms with Gasteiger partial charge in [0.15, 0.2) is 0 Å². The third kappa shape index (κ3) is 2.45. The minimum absolute atomic E-state index is 0.355. The van der Waals surface area contributed by atoms with Crippen LogP contribution in [0, 0.1) is 0 Å². The van der Waals surface area contributed by atoms with Crippen LogP contribution in [0.5, 0.6) is 0 Å². The van der Waals surface area contributed by atoms with E-state index < -0.39 is 11.7 Å². The first-order valence-corrected chi connectivity index (χ1v) is 7.40. The molecule has 1 aliphatic carbocycles. The zero-order chi connectivity index (χ0) is 15.9. The molecule has 0 amide bonds. The van der Waals surface area contributed by atoms with E-state index in [-0.39, 0.29) is 0 Å². The topological polar surface area (TPSA) is 0 Å². The second-order valence-electron chi connectivity index (χ2n) is 5.73. The Morgan fingerprint density at radius 2 is 1.68 bits per heavy atom. The van der Waals surface area contributed by atoms with Gasteiger partial charge in [0, 0.05) is 5.92 Å². The van der Waals surface area contributed by atoms with Crippen molar-refractivity contribution in [2.45, 2.75) is 32.4 Å². The summed E-state index contributed by atoms with van der Waals surface area (Å²) in [7, 11) is 0. The predicted octanol–water partition coefficient (Wildman–Crippen LogP) is 6.28. The molecule has 114 valence electrons.